The summed E-state index contributed by atoms with van der Waals surface area (Å²) in [5.41, 5.74) is 2.58. The third kappa shape index (κ3) is 4.73. The number of aryl methyl sites for hydroxylation is 1. The van der Waals surface area contributed by atoms with Crippen molar-refractivity contribution in [3.8, 4) is 0 Å². The number of carbonyl (C=O) groups is 1. The van der Waals surface area contributed by atoms with Crippen LogP contribution in [0.25, 0.3) is 0 Å². The van der Waals surface area contributed by atoms with Gasteiger partial charge in [0.25, 0.3) is 0 Å². The average Bonchev–Trinajstić information content (AvgIpc) is 2.47. The molecule has 4 heteroatoms. The Hall–Kier alpha value is -1.55. The van der Waals surface area contributed by atoms with E-state index in [1.165, 1.54) is 11.3 Å². The third-order valence-corrected chi connectivity index (χ3v) is 4.49. The molecule has 1 atom stereocenters. The van der Waals surface area contributed by atoms with Crippen LogP contribution in [-0.2, 0) is 4.79 Å². The summed E-state index contributed by atoms with van der Waals surface area (Å²) in [6.45, 7) is 12.8. The molecule has 0 radical (unpaired) electrons. The number of hydrogen-bond donors (Lipinski definition) is 1. The number of anilines is 1. The largest absolute Gasteiger partial charge is 0.369 e. The summed E-state index contributed by atoms with van der Waals surface area (Å²) in [4.78, 5) is 16.7. The van der Waals surface area contributed by atoms with Crippen molar-refractivity contribution in [2.24, 2.45) is 5.92 Å². The molecule has 1 aliphatic heterocycles. The first-order chi connectivity index (χ1) is 10.5. The molecule has 0 spiro atoms. The fraction of sp³-hybridized carbons (Fsp3) is 0.611. The standard InChI is InChI=1S/C18H29N3O/c1-14(2)16(4)19-18(22)13-20-8-10-21(11-9-20)17-7-5-6-15(3)12-17/h5-7,12,14,16H,8-11,13H2,1-4H3,(H,19,22). The number of nitrogens with one attached hydrogen (secondary N) is 1. The lowest BCUT2D eigenvalue weighted by atomic mass is 10.1. The van der Waals surface area contributed by atoms with E-state index in [0.717, 1.165) is 26.2 Å². The van der Waals surface area contributed by atoms with Crippen LogP contribution in [0.15, 0.2) is 24.3 Å². The average molecular weight is 303 g/mol. The van der Waals surface area contributed by atoms with E-state index in [1.54, 1.807) is 0 Å². The minimum absolute atomic E-state index is 0.144. The van der Waals surface area contributed by atoms with Crippen molar-refractivity contribution >= 4 is 11.6 Å². The third-order valence-electron chi connectivity index (χ3n) is 4.49. The molecule has 1 aliphatic rings. The zero-order valence-corrected chi connectivity index (χ0v) is 14.3. The van der Waals surface area contributed by atoms with Crippen LogP contribution in [0.5, 0.6) is 0 Å². The van der Waals surface area contributed by atoms with Crippen molar-refractivity contribution in [3.63, 3.8) is 0 Å². The topological polar surface area (TPSA) is 35.6 Å². The second-order valence-electron chi connectivity index (χ2n) is 6.70. The number of nitrogens with zero attached hydrogens (tertiary/aromatic N) is 2. The molecule has 0 saturated carbocycles. The number of hydrogen-bond acceptors (Lipinski definition) is 3. The zero-order valence-electron chi connectivity index (χ0n) is 14.3. The molecule has 0 aromatic heterocycles. The summed E-state index contributed by atoms with van der Waals surface area (Å²) in [7, 11) is 0. The van der Waals surface area contributed by atoms with Gasteiger partial charge < -0.3 is 10.2 Å². The lowest BCUT2D eigenvalue weighted by Gasteiger charge is -2.36. The molecular weight excluding hydrogens is 274 g/mol. The Morgan fingerprint density at radius 2 is 1.86 bits per heavy atom. The molecule has 1 heterocycles. The number of piperazine rings is 1. The van der Waals surface area contributed by atoms with Crippen LogP contribution in [0.2, 0.25) is 0 Å². The molecule has 1 unspecified atom stereocenters. The highest BCUT2D eigenvalue weighted by Crippen LogP contribution is 2.17. The van der Waals surface area contributed by atoms with Crippen LogP contribution in [0.4, 0.5) is 5.69 Å². The fourth-order valence-electron chi connectivity index (χ4n) is 2.66. The van der Waals surface area contributed by atoms with Gasteiger partial charge in [0.15, 0.2) is 0 Å². The summed E-state index contributed by atoms with van der Waals surface area (Å²) in [6.07, 6.45) is 0. The summed E-state index contributed by atoms with van der Waals surface area (Å²) in [5.74, 6) is 0.618. The molecule has 2 rings (SSSR count). The first-order valence-electron chi connectivity index (χ1n) is 8.29. The van der Waals surface area contributed by atoms with E-state index in [9.17, 15) is 4.79 Å². The quantitative estimate of drug-likeness (QED) is 0.906. The van der Waals surface area contributed by atoms with Crippen molar-refractivity contribution in [2.45, 2.75) is 33.7 Å². The first-order valence-corrected chi connectivity index (χ1v) is 8.29. The Kier molecular flexibility index (Phi) is 5.83. The maximum absolute atomic E-state index is 12.1. The monoisotopic (exact) mass is 303 g/mol. The van der Waals surface area contributed by atoms with E-state index in [4.69, 9.17) is 0 Å². The number of amides is 1. The Morgan fingerprint density at radius 3 is 2.45 bits per heavy atom. The van der Waals surface area contributed by atoms with Gasteiger partial charge in [0.2, 0.25) is 5.91 Å². The number of rotatable bonds is 5. The van der Waals surface area contributed by atoms with Crippen molar-refractivity contribution in [1.29, 1.82) is 0 Å². The summed E-state index contributed by atoms with van der Waals surface area (Å²) < 4.78 is 0. The van der Waals surface area contributed by atoms with E-state index >= 15 is 0 Å². The van der Waals surface area contributed by atoms with Crippen molar-refractivity contribution in [3.05, 3.63) is 29.8 Å². The van der Waals surface area contributed by atoms with Crippen LogP contribution < -0.4 is 10.2 Å². The predicted molar refractivity (Wildman–Crippen MR) is 92.3 cm³/mol. The van der Waals surface area contributed by atoms with Gasteiger partial charge in [0.05, 0.1) is 6.54 Å². The van der Waals surface area contributed by atoms with E-state index in [1.807, 2.05) is 0 Å². The second-order valence-corrected chi connectivity index (χ2v) is 6.70. The van der Waals surface area contributed by atoms with Crippen molar-refractivity contribution in [2.75, 3.05) is 37.6 Å². The van der Waals surface area contributed by atoms with E-state index in [2.05, 4.69) is 67.1 Å². The maximum atomic E-state index is 12.1. The predicted octanol–water partition coefficient (Wildman–Crippen LogP) is 2.28. The normalized spacial score (nSPS) is 17.6. The molecule has 1 fully saturated rings. The van der Waals surface area contributed by atoms with Crippen LogP contribution in [0.3, 0.4) is 0 Å². The Balaban J connectivity index is 1.79. The van der Waals surface area contributed by atoms with Gasteiger partial charge in [-0.1, -0.05) is 26.0 Å². The smallest absolute Gasteiger partial charge is 0.234 e. The molecule has 122 valence electrons. The maximum Gasteiger partial charge on any atom is 0.234 e. The van der Waals surface area contributed by atoms with E-state index in [0.29, 0.717) is 12.5 Å². The van der Waals surface area contributed by atoms with Crippen LogP contribution in [-0.4, -0.2) is 49.6 Å². The van der Waals surface area contributed by atoms with Gasteiger partial charge in [0, 0.05) is 37.9 Å². The molecule has 0 aliphatic carbocycles. The van der Waals surface area contributed by atoms with E-state index in [-0.39, 0.29) is 11.9 Å². The van der Waals surface area contributed by atoms with E-state index < -0.39 is 0 Å². The molecule has 22 heavy (non-hydrogen) atoms. The highest BCUT2D eigenvalue weighted by Gasteiger charge is 2.20. The summed E-state index contributed by atoms with van der Waals surface area (Å²) in [6, 6.07) is 8.87. The van der Waals surface area contributed by atoms with Gasteiger partial charge in [0.1, 0.15) is 0 Å². The molecule has 0 bridgehead atoms. The molecule has 1 N–H and O–H groups in total. The molecule has 1 aromatic rings. The fourth-order valence-corrected chi connectivity index (χ4v) is 2.66. The van der Waals surface area contributed by atoms with Gasteiger partial charge in [-0.05, 0) is 37.5 Å². The minimum atomic E-state index is 0.144. The first kappa shape index (κ1) is 16.8. The second kappa shape index (κ2) is 7.63. The summed E-state index contributed by atoms with van der Waals surface area (Å²) in [5, 5.41) is 3.08. The molecular formula is C18H29N3O. The number of benzene rings is 1. The molecule has 1 amide bonds. The molecule has 1 aromatic carbocycles. The van der Waals surface area contributed by atoms with Gasteiger partial charge in [-0.2, -0.15) is 0 Å². The zero-order chi connectivity index (χ0) is 16.1. The Morgan fingerprint density at radius 1 is 1.18 bits per heavy atom. The SMILES string of the molecule is Cc1cccc(N2CCN(CC(=O)NC(C)C(C)C)CC2)c1. The summed E-state index contributed by atoms with van der Waals surface area (Å²) >= 11 is 0. The lowest BCUT2D eigenvalue weighted by Crippen LogP contribution is -2.50. The van der Waals surface area contributed by atoms with Gasteiger partial charge in [-0.25, -0.2) is 0 Å². The van der Waals surface area contributed by atoms with Gasteiger partial charge >= 0.3 is 0 Å². The molecule has 4 nitrogen and oxygen atoms in total. The highest BCUT2D eigenvalue weighted by atomic mass is 16.2. The number of carbonyl (C=O) groups excluding carboxylic acids is 1. The highest BCUT2D eigenvalue weighted by molar-refractivity contribution is 5.78. The van der Waals surface area contributed by atoms with Crippen LogP contribution >= 0.6 is 0 Å². The lowest BCUT2D eigenvalue weighted by molar-refractivity contribution is -0.123. The minimum Gasteiger partial charge on any atom is -0.369 e. The van der Waals surface area contributed by atoms with Crippen molar-refractivity contribution < 1.29 is 4.79 Å². The van der Waals surface area contributed by atoms with Gasteiger partial charge in [-0.15, -0.1) is 0 Å². The Labute approximate surface area is 134 Å². The molecule has 1 saturated heterocycles. The van der Waals surface area contributed by atoms with Crippen molar-refractivity contribution in [1.82, 2.24) is 10.2 Å². The van der Waals surface area contributed by atoms with Gasteiger partial charge in [-0.3, -0.25) is 9.69 Å². The Bertz CT molecular complexity index is 493. The van der Waals surface area contributed by atoms with Crippen LogP contribution in [0, 0.1) is 12.8 Å². The van der Waals surface area contributed by atoms with Crippen LogP contribution in [0.1, 0.15) is 26.3 Å².